The van der Waals surface area contributed by atoms with Crippen LogP contribution in [0.4, 0.5) is 5.69 Å². The average molecular weight is 586 g/mol. The van der Waals surface area contributed by atoms with Gasteiger partial charge in [-0.2, -0.15) is 0 Å². The molecule has 3 aromatic rings. The van der Waals surface area contributed by atoms with E-state index in [9.17, 15) is 18.0 Å². The predicted molar refractivity (Wildman–Crippen MR) is 159 cm³/mol. The van der Waals surface area contributed by atoms with E-state index in [4.69, 9.17) is 16.3 Å². The zero-order chi connectivity index (χ0) is 29.3. The molecule has 0 spiro atoms. The van der Waals surface area contributed by atoms with Gasteiger partial charge in [0.25, 0.3) is 0 Å². The van der Waals surface area contributed by atoms with Crippen molar-refractivity contribution in [3.63, 3.8) is 0 Å². The molecule has 2 amide bonds. The summed E-state index contributed by atoms with van der Waals surface area (Å²) < 4.78 is 32.0. The summed E-state index contributed by atoms with van der Waals surface area (Å²) in [6, 6.07) is 22.1. The number of carbonyl (C=O) groups is 2. The van der Waals surface area contributed by atoms with Crippen molar-refractivity contribution >= 4 is 39.1 Å². The van der Waals surface area contributed by atoms with Crippen LogP contribution in [0.25, 0.3) is 0 Å². The molecule has 0 heterocycles. The van der Waals surface area contributed by atoms with E-state index in [1.54, 1.807) is 49.6 Å². The van der Waals surface area contributed by atoms with Crippen LogP contribution in [0.2, 0.25) is 5.02 Å². The van der Waals surface area contributed by atoms with E-state index in [1.807, 2.05) is 50.2 Å². The van der Waals surface area contributed by atoms with E-state index in [1.165, 1.54) is 4.90 Å². The number of hydrogen-bond acceptors (Lipinski definition) is 5. The third kappa shape index (κ3) is 8.72. The van der Waals surface area contributed by atoms with Crippen LogP contribution < -0.4 is 14.4 Å². The van der Waals surface area contributed by atoms with Gasteiger partial charge in [0.2, 0.25) is 21.8 Å². The summed E-state index contributed by atoms with van der Waals surface area (Å²) >= 11 is 6.33. The second kappa shape index (κ2) is 14.2. The lowest BCUT2D eigenvalue weighted by atomic mass is 10.0. The minimum atomic E-state index is -3.90. The summed E-state index contributed by atoms with van der Waals surface area (Å²) in [5, 5.41) is 3.15. The number of para-hydroxylation sites is 1. The number of nitrogens with zero attached hydrogens (tertiary/aromatic N) is 2. The number of hydrogen-bond donors (Lipinski definition) is 1. The molecular formula is C30H36ClN3O5S. The molecule has 0 aliphatic heterocycles. The van der Waals surface area contributed by atoms with Crippen molar-refractivity contribution < 1.29 is 22.7 Å². The SMILES string of the molecule is COc1cccc(CN(C(=O)CN(c2ccccc2Cl)S(C)(=O)=O)C(Cc2ccccc2)C(=O)NCC(C)C)c1. The molecule has 0 aromatic heterocycles. The Morgan fingerprint density at radius 2 is 1.60 bits per heavy atom. The molecule has 0 aliphatic carbocycles. The van der Waals surface area contributed by atoms with E-state index in [0.29, 0.717) is 12.3 Å². The molecule has 0 bridgehead atoms. The van der Waals surface area contributed by atoms with Crippen molar-refractivity contribution in [1.82, 2.24) is 10.2 Å². The lowest BCUT2D eigenvalue weighted by molar-refractivity contribution is -0.140. The first kappa shape index (κ1) is 31.0. The molecule has 0 radical (unpaired) electrons. The maximum absolute atomic E-state index is 14.1. The van der Waals surface area contributed by atoms with Crippen LogP contribution in [0, 0.1) is 5.92 Å². The predicted octanol–water partition coefficient (Wildman–Crippen LogP) is 4.53. The summed E-state index contributed by atoms with van der Waals surface area (Å²) in [5.74, 6) is -0.0707. The topological polar surface area (TPSA) is 96.0 Å². The number of sulfonamides is 1. The van der Waals surface area contributed by atoms with Gasteiger partial charge >= 0.3 is 0 Å². The largest absolute Gasteiger partial charge is 0.497 e. The Morgan fingerprint density at radius 1 is 0.950 bits per heavy atom. The molecule has 0 aliphatic rings. The van der Waals surface area contributed by atoms with Crippen molar-refractivity contribution in [2.24, 2.45) is 5.92 Å². The van der Waals surface area contributed by atoms with E-state index in [0.717, 1.165) is 21.7 Å². The van der Waals surface area contributed by atoms with E-state index in [2.05, 4.69) is 5.32 Å². The molecule has 214 valence electrons. The van der Waals surface area contributed by atoms with Gasteiger partial charge in [-0.05, 0) is 41.3 Å². The van der Waals surface area contributed by atoms with Crippen molar-refractivity contribution in [2.75, 3.05) is 30.8 Å². The van der Waals surface area contributed by atoms with E-state index >= 15 is 0 Å². The van der Waals surface area contributed by atoms with Crippen LogP contribution >= 0.6 is 11.6 Å². The Labute approximate surface area is 241 Å². The molecule has 3 aromatic carbocycles. The molecular weight excluding hydrogens is 550 g/mol. The summed E-state index contributed by atoms with van der Waals surface area (Å²) in [6.07, 6.45) is 1.26. The molecule has 8 nitrogen and oxygen atoms in total. The first-order chi connectivity index (χ1) is 19.0. The van der Waals surface area contributed by atoms with Crippen LogP contribution in [0.15, 0.2) is 78.9 Å². The average Bonchev–Trinajstić information content (AvgIpc) is 2.92. The lowest BCUT2D eigenvalue weighted by Gasteiger charge is -2.34. The Balaban J connectivity index is 2.07. The van der Waals surface area contributed by atoms with Crippen LogP contribution in [-0.2, 0) is 32.6 Å². The van der Waals surface area contributed by atoms with Gasteiger partial charge in [0, 0.05) is 19.5 Å². The molecule has 10 heteroatoms. The number of methoxy groups -OCH3 is 1. The highest BCUT2D eigenvalue weighted by atomic mass is 35.5. The second-order valence-electron chi connectivity index (χ2n) is 9.94. The minimum absolute atomic E-state index is 0.0583. The monoisotopic (exact) mass is 585 g/mol. The highest BCUT2D eigenvalue weighted by Crippen LogP contribution is 2.28. The summed E-state index contributed by atoms with van der Waals surface area (Å²) in [4.78, 5) is 29.2. The summed E-state index contributed by atoms with van der Waals surface area (Å²) in [5.41, 5.74) is 1.78. The fraction of sp³-hybridized carbons (Fsp3) is 0.333. The number of carbonyl (C=O) groups excluding carboxylic acids is 2. The molecule has 3 rings (SSSR count). The van der Waals surface area contributed by atoms with Gasteiger partial charge in [-0.15, -0.1) is 0 Å². The summed E-state index contributed by atoms with van der Waals surface area (Å²) in [7, 11) is -2.35. The smallest absolute Gasteiger partial charge is 0.244 e. The highest BCUT2D eigenvalue weighted by Gasteiger charge is 2.33. The van der Waals surface area contributed by atoms with Crippen LogP contribution in [0.1, 0.15) is 25.0 Å². The van der Waals surface area contributed by atoms with Crippen molar-refractivity contribution in [2.45, 2.75) is 32.9 Å². The number of rotatable bonds is 13. The lowest BCUT2D eigenvalue weighted by Crippen LogP contribution is -2.53. The normalized spacial score (nSPS) is 12.1. The van der Waals surface area contributed by atoms with Gasteiger partial charge in [0.15, 0.2) is 0 Å². The molecule has 0 saturated heterocycles. The summed E-state index contributed by atoms with van der Waals surface area (Å²) in [6.45, 7) is 3.93. The van der Waals surface area contributed by atoms with Crippen molar-refractivity contribution in [1.29, 1.82) is 0 Å². The van der Waals surface area contributed by atoms with E-state index in [-0.39, 0.29) is 35.5 Å². The van der Waals surface area contributed by atoms with Crippen molar-refractivity contribution in [3.8, 4) is 5.75 Å². The first-order valence-corrected chi connectivity index (χ1v) is 15.2. The molecule has 1 N–H and O–H groups in total. The third-order valence-electron chi connectivity index (χ3n) is 6.24. The van der Waals surface area contributed by atoms with Crippen molar-refractivity contribution in [3.05, 3.63) is 95.0 Å². The highest BCUT2D eigenvalue weighted by molar-refractivity contribution is 7.92. The Morgan fingerprint density at radius 3 is 2.23 bits per heavy atom. The molecule has 0 fully saturated rings. The van der Waals surface area contributed by atoms with E-state index < -0.39 is 28.5 Å². The second-order valence-corrected chi connectivity index (χ2v) is 12.3. The number of amides is 2. The first-order valence-electron chi connectivity index (χ1n) is 13.0. The number of anilines is 1. The van der Waals surface area contributed by atoms with Gasteiger partial charge in [-0.25, -0.2) is 8.42 Å². The Hall–Kier alpha value is -3.56. The maximum atomic E-state index is 14.1. The van der Waals surface area contributed by atoms with Gasteiger partial charge in [-0.1, -0.05) is 80.0 Å². The molecule has 40 heavy (non-hydrogen) atoms. The molecule has 1 unspecified atom stereocenters. The quantitative estimate of drug-likeness (QED) is 0.318. The molecule has 1 atom stereocenters. The fourth-order valence-electron chi connectivity index (χ4n) is 4.19. The number of ether oxygens (including phenoxy) is 1. The maximum Gasteiger partial charge on any atom is 0.244 e. The Kier molecular flexibility index (Phi) is 11.0. The Bertz CT molecular complexity index is 1400. The number of nitrogens with one attached hydrogen (secondary N) is 1. The van der Waals surface area contributed by atoms with Crippen LogP contribution in [0.5, 0.6) is 5.75 Å². The van der Waals surface area contributed by atoms with Crippen LogP contribution in [-0.4, -0.2) is 57.6 Å². The van der Waals surface area contributed by atoms with Crippen LogP contribution in [0.3, 0.4) is 0 Å². The van der Waals surface area contributed by atoms with Gasteiger partial charge < -0.3 is 15.0 Å². The zero-order valence-electron chi connectivity index (χ0n) is 23.2. The fourth-order valence-corrected chi connectivity index (χ4v) is 5.34. The molecule has 0 saturated carbocycles. The van der Waals surface area contributed by atoms with Gasteiger partial charge in [0.05, 0.1) is 24.1 Å². The number of benzene rings is 3. The third-order valence-corrected chi connectivity index (χ3v) is 7.69. The standard InChI is InChI=1S/C30H36ClN3O5S/c1-22(2)19-32-30(36)28(18-23-11-6-5-7-12-23)33(20-24-13-10-14-25(17-24)39-3)29(35)21-34(40(4,37)38)27-16-9-8-15-26(27)31/h5-17,22,28H,18-21H2,1-4H3,(H,32,36). The number of halogens is 1. The van der Waals surface area contributed by atoms with Gasteiger partial charge in [0.1, 0.15) is 18.3 Å². The zero-order valence-corrected chi connectivity index (χ0v) is 24.8. The van der Waals surface area contributed by atoms with Gasteiger partial charge in [-0.3, -0.25) is 13.9 Å². The minimum Gasteiger partial charge on any atom is -0.497 e.